The summed E-state index contributed by atoms with van der Waals surface area (Å²) in [5.74, 6) is -1.23. The Morgan fingerprint density at radius 3 is 2.55 bits per heavy atom. The van der Waals surface area contributed by atoms with Crippen molar-refractivity contribution in [1.29, 1.82) is 0 Å². The molecular formula is C38H38F2N8O3. The number of halogens is 2. The van der Waals surface area contributed by atoms with Gasteiger partial charge in [0.25, 0.3) is 5.91 Å². The number of amides is 2. The van der Waals surface area contributed by atoms with Crippen LogP contribution in [-0.4, -0.2) is 92.2 Å². The van der Waals surface area contributed by atoms with E-state index in [4.69, 9.17) is 9.72 Å². The molecular weight excluding hydrogens is 654 g/mol. The third-order valence-corrected chi connectivity index (χ3v) is 9.67. The molecule has 262 valence electrons. The lowest BCUT2D eigenvalue weighted by molar-refractivity contribution is -0.138. The fraction of sp³-hybridized carbons (Fsp3) is 0.316. The highest BCUT2D eigenvalue weighted by atomic mass is 19.1. The largest absolute Gasteiger partial charge is 0.367 e. The second-order valence-electron chi connectivity index (χ2n) is 13.3. The smallest absolute Gasteiger partial charge is 0.258 e. The summed E-state index contributed by atoms with van der Waals surface area (Å²) >= 11 is 0. The highest BCUT2D eigenvalue weighted by Gasteiger charge is 2.45. The molecule has 0 aliphatic carbocycles. The summed E-state index contributed by atoms with van der Waals surface area (Å²) in [5, 5.41) is 11.4. The molecule has 2 aromatic carbocycles. The molecule has 13 heteroatoms. The van der Waals surface area contributed by atoms with Crippen LogP contribution < -0.4 is 5.32 Å². The average Bonchev–Trinajstić information content (AvgIpc) is 3.77. The Morgan fingerprint density at radius 1 is 1.02 bits per heavy atom. The van der Waals surface area contributed by atoms with E-state index in [0.29, 0.717) is 42.9 Å². The van der Waals surface area contributed by atoms with Gasteiger partial charge in [0.1, 0.15) is 17.3 Å². The molecule has 0 saturated carbocycles. The minimum Gasteiger partial charge on any atom is -0.367 e. The number of ether oxygens (including phenoxy) is 1. The number of H-pyrrole nitrogens is 1. The summed E-state index contributed by atoms with van der Waals surface area (Å²) in [4.78, 5) is 43.5. The molecule has 2 aliphatic rings. The van der Waals surface area contributed by atoms with Crippen LogP contribution in [0.1, 0.15) is 43.9 Å². The maximum Gasteiger partial charge on any atom is 0.258 e. The lowest BCUT2D eigenvalue weighted by Crippen LogP contribution is -2.48. The maximum absolute atomic E-state index is 15.1. The summed E-state index contributed by atoms with van der Waals surface area (Å²) < 4.78 is 35.9. The van der Waals surface area contributed by atoms with Gasteiger partial charge in [-0.3, -0.25) is 24.6 Å². The monoisotopic (exact) mass is 692 g/mol. The third-order valence-electron chi connectivity index (χ3n) is 9.67. The number of anilines is 1. The Hall–Kier alpha value is -5.40. The molecule has 51 heavy (non-hydrogen) atoms. The van der Waals surface area contributed by atoms with Gasteiger partial charge >= 0.3 is 0 Å². The van der Waals surface area contributed by atoms with Gasteiger partial charge < -0.3 is 15.0 Å². The number of nitrogens with zero attached hydrogens (tertiary/aromatic N) is 6. The standard InChI is InChI=1S/C38H38F2N8O3/c1-23(2)31-6-4-7-33(44-31)35-28-18-25(8-9-32(28)45-46-35)43-37(50)38(51-3)12-17-47(22-38)21-34(49)48-15-10-24(11-16-48)26-19-30(40)27(20-29(26)39)36-41-13-5-14-42-36/h4-10,13-14,18-20,23H,11-12,15-17,21-22H2,1-3H3,(H,43,50)(H,45,46)/t38-/m0/s1. The lowest BCUT2D eigenvalue weighted by atomic mass is 9.97. The van der Waals surface area contributed by atoms with E-state index >= 15 is 4.39 Å². The summed E-state index contributed by atoms with van der Waals surface area (Å²) in [6.45, 7) is 5.63. The van der Waals surface area contributed by atoms with Crippen LogP contribution in [-0.2, 0) is 14.3 Å². The van der Waals surface area contributed by atoms with Crippen molar-refractivity contribution in [2.45, 2.75) is 38.2 Å². The number of hydrogen-bond donors (Lipinski definition) is 2. The van der Waals surface area contributed by atoms with Crippen LogP contribution in [0.3, 0.4) is 0 Å². The molecule has 3 aromatic heterocycles. The number of hydrogen-bond acceptors (Lipinski definition) is 8. The summed E-state index contributed by atoms with van der Waals surface area (Å²) in [5.41, 5.74) is 3.47. The number of aromatic amines is 1. The molecule has 0 bridgehead atoms. The van der Waals surface area contributed by atoms with Gasteiger partial charge in [-0.25, -0.2) is 18.7 Å². The van der Waals surface area contributed by atoms with E-state index < -0.39 is 17.2 Å². The molecule has 0 spiro atoms. The van der Waals surface area contributed by atoms with Crippen molar-refractivity contribution in [2.24, 2.45) is 0 Å². The van der Waals surface area contributed by atoms with E-state index in [0.717, 1.165) is 28.4 Å². The van der Waals surface area contributed by atoms with Crippen molar-refractivity contribution < 1.29 is 23.1 Å². The predicted octanol–water partition coefficient (Wildman–Crippen LogP) is 5.83. The molecule has 2 N–H and O–H groups in total. The van der Waals surface area contributed by atoms with Crippen molar-refractivity contribution >= 4 is 34.0 Å². The first-order valence-corrected chi connectivity index (χ1v) is 16.9. The molecule has 5 heterocycles. The normalized spacial score (nSPS) is 18.0. The number of rotatable bonds is 9. The molecule has 7 rings (SSSR count). The molecule has 1 saturated heterocycles. The van der Waals surface area contributed by atoms with E-state index in [1.165, 1.54) is 25.6 Å². The van der Waals surface area contributed by atoms with Crippen molar-refractivity contribution in [3.63, 3.8) is 0 Å². The van der Waals surface area contributed by atoms with Crippen molar-refractivity contribution in [3.05, 3.63) is 96.0 Å². The van der Waals surface area contributed by atoms with Crippen molar-refractivity contribution in [1.82, 2.24) is 34.9 Å². The minimum atomic E-state index is -1.14. The molecule has 11 nitrogen and oxygen atoms in total. The topological polar surface area (TPSA) is 129 Å². The Labute approximate surface area is 293 Å². The van der Waals surface area contributed by atoms with Crippen LogP contribution >= 0.6 is 0 Å². The SMILES string of the molecule is CO[C@@]1(C(=O)Nc2ccc3[nH]nc(-c4cccc(C(C)C)n4)c3c2)CCN(CC(=O)N2CC=C(c3cc(F)c(-c4ncccn4)cc3F)CC2)C1. The number of carbonyl (C=O) groups is 2. The van der Waals surface area contributed by atoms with Crippen LogP contribution in [0.25, 0.3) is 39.3 Å². The molecule has 2 amide bonds. The first-order chi connectivity index (χ1) is 24.6. The fourth-order valence-electron chi connectivity index (χ4n) is 6.71. The number of nitrogens with one attached hydrogen (secondary N) is 2. The van der Waals surface area contributed by atoms with Gasteiger partial charge in [0.2, 0.25) is 5.91 Å². The van der Waals surface area contributed by atoms with Gasteiger partial charge in [-0.15, -0.1) is 0 Å². The number of fused-ring (bicyclic) bond motifs is 1. The molecule has 0 radical (unpaired) electrons. The van der Waals surface area contributed by atoms with E-state index in [1.54, 1.807) is 17.0 Å². The number of carbonyl (C=O) groups excluding carboxylic acids is 2. The van der Waals surface area contributed by atoms with Gasteiger partial charge in [-0.05, 0) is 72.9 Å². The third kappa shape index (κ3) is 6.86. The molecule has 5 aromatic rings. The van der Waals surface area contributed by atoms with Gasteiger partial charge in [0, 0.05) is 68.0 Å². The van der Waals surface area contributed by atoms with Crippen LogP contribution in [0.5, 0.6) is 0 Å². The Kier molecular flexibility index (Phi) is 9.40. The van der Waals surface area contributed by atoms with Gasteiger partial charge in [-0.2, -0.15) is 5.10 Å². The highest BCUT2D eigenvalue weighted by Crippen LogP contribution is 2.32. The van der Waals surface area contributed by atoms with Crippen LogP contribution in [0, 0.1) is 11.6 Å². The predicted molar refractivity (Wildman–Crippen MR) is 189 cm³/mol. The van der Waals surface area contributed by atoms with Crippen molar-refractivity contribution in [3.8, 4) is 22.8 Å². The molecule has 0 unspecified atom stereocenters. The number of likely N-dealkylation sites (tertiary alicyclic amines) is 1. The van der Waals surface area contributed by atoms with E-state index in [1.807, 2.05) is 41.3 Å². The second kappa shape index (κ2) is 14.1. The zero-order valence-corrected chi connectivity index (χ0v) is 28.6. The zero-order chi connectivity index (χ0) is 35.7. The highest BCUT2D eigenvalue weighted by molar-refractivity contribution is 6.01. The number of pyridine rings is 1. The Bertz CT molecular complexity index is 2140. The van der Waals surface area contributed by atoms with Gasteiger partial charge in [0.15, 0.2) is 11.4 Å². The fourth-order valence-corrected chi connectivity index (χ4v) is 6.71. The van der Waals surface area contributed by atoms with Crippen LogP contribution in [0.2, 0.25) is 0 Å². The maximum atomic E-state index is 15.1. The average molecular weight is 693 g/mol. The first kappa shape index (κ1) is 34.1. The molecule has 2 aliphatic heterocycles. The summed E-state index contributed by atoms with van der Waals surface area (Å²) in [6.07, 6.45) is 5.48. The molecule has 1 fully saturated rings. The Morgan fingerprint density at radius 2 is 1.80 bits per heavy atom. The number of methoxy groups -OCH3 is 1. The number of aromatic nitrogens is 5. The van der Waals surface area contributed by atoms with E-state index in [9.17, 15) is 14.0 Å². The zero-order valence-electron chi connectivity index (χ0n) is 28.6. The quantitative estimate of drug-likeness (QED) is 0.198. The van der Waals surface area contributed by atoms with Crippen LogP contribution in [0.15, 0.2) is 73.1 Å². The summed E-state index contributed by atoms with van der Waals surface area (Å²) in [7, 11) is 1.51. The molecule has 1 atom stereocenters. The summed E-state index contributed by atoms with van der Waals surface area (Å²) in [6, 6.07) is 15.3. The minimum absolute atomic E-state index is 0.00885. The van der Waals surface area contributed by atoms with Crippen LogP contribution in [0.4, 0.5) is 14.5 Å². The van der Waals surface area contributed by atoms with E-state index in [2.05, 4.69) is 39.3 Å². The van der Waals surface area contributed by atoms with Gasteiger partial charge in [0.05, 0.1) is 23.3 Å². The number of benzene rings is 2. The Balaban J connectivity index is 0.983. The first-order valence-electron chi connectivity index (χ1n) is 16.9. The lowest BCUT2D eigenvalue weighted by Gasteiger charge is -2.30. The van der Waals surface area contributed by atoms with Gasteiger partial charge in [-0.1, -0.05) is 26.0 Å². The van der Waals surface area contributed by atoms with Crippen molar-refractivity contribution in [2.75, 3.05) is 45.2 Å². The second-order valence-corrected chi connectivity index (χ2v) is 13.3. The van der Waals surface area contributed by atoms with E-state index in [-0.39, 0.29) is 54.3 Å².